The van der Waals surface area contributed by atoms with Gasteiger partial charge in [-0.1, -0.05) is 49.4 Å². The fourth-order valence-corrected chi connectivity index (χ4v) is 3.63. The number of rotatable bonds is 7. The molecule has 0 aliphatic carbocycles. The molecule has 26 heavy (non-hydrogen) atoms. The third-order valence-electron chi connectivity index (χ3n) is 4.29. The highest BCUT2D eigenvalue weighted by Gasteiger charge is 2.22. The van der Waals surface area contributed by atoms with Crippen LogP contribution in [0.2, 0.25) is 0 Å². The Morgan fingerprint density at radius 1 is 1.12 bits per heavy atom. The van der Waals surface area contributed by atoms with Gasteiger partial charge in [0.1, 0.15) is 6.54 Å². The van der Waals surface area contributed by atoms with Crippen molar-refractivity contribution in [3.8, 4) is 0 Å². The molecule has 140 valence electrons. The number of nitrogens with zero attached hydrogens (tertiary/aromatic N) is 1. The molecular formula is C20H26N2O3S. The van der Waals surface area contributed by atoms with Gasteiger partial charge in [0.25, 0.3) is 0 Å². The molecule has 0 bridgehead atoms. The molecular weight excluding hydrogens is 348 g/mol. The Morgan fingerprint density at radius 2 is 1.77 bits per heavy atom. The standard InChI is InChI=1S/C20H26N2O3S/c1-15-10-11-16(2)19(12-15)22(26(4,24)25)14-20(23)21-13-17(3)18-8-6-5-7-9-18/h5-12,17H,13-14H2,1-4H3,(H,21,23). The van der Waals surface area contributed by atoms with Crippen LogP contribution in [0.1, 0.15) is 29.5 Å². The van der Waals surface area contributed by atoms with E-state index in [0.29, 0.717) is 12.2 Å². The van der Waals surface area contributed by atoms with Crippen molar-refractivity contribution in [2.24, 2.45) is 0 Å². The highest BCUT2D eigenvalue weighted by molar-refractivity contribution is 7.92. The average molecular weight is 375 g/mol. The summed E-state index contributed by atoms with van der Waals surface area (Å²) in [7, 11) is -3.57. The summed E-state index contributed by atoms with van der Waals surface area (Å²) in [5, 5.41) is 2.84. The lowest BCUT2D eigenvalue weighted by molar-refractivity contribution is -0.119. The lowest BCUT2D eigenvalue weighted by atomic mass is 10.0. The second kappa shape index (κ2) is 8.36. The third-order valence-corrected chi connectivity index (χ3v) is 5.42. The van der Waals surface area contributed by atoms with Gasteiger partial charge in [0, 0.05) is 6.54 Å². The van der Waals surface area contributed by atoms with E-state index in [1.54, 1.807) is 6.07 Å². The second-order valence-electron chi connectivity index (χ2n) is 6.68. The van der Waals surface area contributed by atoms with Crippen LogP contribution in [-0.4, -0.2) is 33.7 Å². The molecule has 2 aromatic carbocycles. The molecule has 0 radical (unpaired) electrons. The van der Waals surface area contributed by atoms with Gasteiger partial charge in [-0.15, -0.1) is 0 Å². The van der Waals surface area contributed by atoms with E-state index < -0.39 is 10.0 Å². The van der Waals surface area contributed by atoms with E-state index in [9.17, 15) is 13.2 Å². The number of sulfonamides is 1. The van der Waals surface area contributed by atoms with E-state index in [-0.39, 0.29) is 18.4 Å². The van der Waals surface area contributed by atoms with E-state index in [1.807, 2.05) is 63.2 Å². The third kappa shape index (κ3) is 5.33. The number of hydrogen-bond donors (Lipinski definition) is 1. The SMILES string of the molecule is Cc1ccc(C)c(N(CC(=O)NCC(C)c2ccccc2)S(C)(=O)=O)c1. The molecule has 2 rings (SSSR count). The molecule has 0 aromatic heterocycles. The minimum atomic E-state index is -3.57. The van der Waals surface area contributed by atoms with E-state index >= 15 is 0 Å². The van der Waals surface area contributed by atoms with Gasteiger partial charge < -0.3 is 5.32 Å². The molecule has 1 amide bonds. The quantitative estimate of drug-likeness (QED) is 0.810. The molecule has 0 spiro atoms. The first kappa shape index (κ1) is 20.0. The molecule has 5 nitrogen and oxygen atoms in total. The van der Waals surface area contributed by atoms with Crippen LogP contribution in [0.3, 0.4) is 0 Å². The molecule has 0 aliphatic heterocycles. The largest absolute Gasteiger partial charge is 0.354 e. The van der Waals surface area contributed by atoms with Crippen molar-refractivity contribution >= 4 is 21.6 Å². The molecule has 2 aromatic rings. The molecule has 0 aliphatic rings. The van der Waals surface area contributed by atoms with Gasteiger partial charge in [0.15, 0.2) is 0 Å². The Kier molecular flexibility index (Phi) is 6.42. The van der Waals surface area contributed by atoms with Crippen molar-refractivity contribution in [2.45, 2.75) is 26.7 Å². The smallest absolute Gasteiger partial charge is 0.240 e. The Bertz CT molecular complexity index is 864. The summed E-state index contributed by atoms with van der Waals surface area (Å²) < 4.78 is 25.6. The van der Waals surface area contributed by atoms with E-state index in [0.717, 1.165) is 27.3 Å². The number of aryl methyl sites for hydroxylation is 2. The van der Waals surface area contributed by atoms with Crippen molar-refractivity contribution < 1.29 is 13.2 Å². The van der Waals surface area contributed by atoms with Crippen molar-refractivity contribution in [1.29, 1.82) is 0 Å². The number of anilines is 1. The van der Waals surface area contributed by atoms with Gasteiger partial charge in [-0.2, -0.15) is 0 Å². The average Bonchev–Trinajstić information content (AvgIpc) is 2.59. The Balaban J connectivity index is 2.09. The number of carbonyl (C=O) groups excluding carboxylic acids is 1. The number of hydrogen-bond acceptors (Lipinski definition) is 3. The lowest BCUT2D eigenvalue weighted by Crippen LogP contribution is -2.41. The number of carbonyl (C=O) groups is 1. The van der Waals surface area contributed by atoms with Gasteiger partial charge in [0.2, 0.25) is 15.9 Å². The molecule has 0 saturated heterocycles. The molecule has 0 heterocycles. The van der Waals surface area contributed by atoms with Crippen molar-refractivity contribution in [1.82, 2.24) is 5.32 Å². The monoisotopic (exact) mass is 374 g/mol. The normalized spacial score (nSPS) is 12.5. The molecule has 0 saturated carbocycles. The maximum atomic E-state index is 12.4. The molecule has 0 fully saturated rings. The van der Waals surface area contributed by atoms with Crippen molar-refractivity contribution in [3.05, 3.63) is 65.2 Å². The summed E-state index contributed by atoms with van der Waals surface area (Å²) in [5.41, 5.74) is 3.42. The maximum absolute atomic E-state index is 12.4. The van der Waals surface area contributed by atoms with Crippen LogP contribution < -0.4 is 9.62 Å². The topological polar surface area (TPSA) is 66.5 Å². The molecule has 1 atom stereocenters. The predicted octanol–water partition coefficient (Wildman–Crippen LogP) is 2.99. The lowest BCUT2D eigenvalue weighted by Gasteiger charge is -2.24. The zero-order chi connectivity index (χ0) is 19.3. The summed E-state index contributed by atoms with van der Waals surface area (Å²) in [5.74, 6) is -0.174. The maximum Gasteiger partial charge on any atom is 0.240 e. The van der Waals surface area contributed by atoms with E-state index in [4.69, 9.17) is 0 Å². The van der Waals surface area contributed by atoms with Gasteiger partial charge in [-0.3, -0.25) is 9.10 Å². The highest BCUT2D eigenvalue weighted by Crippen LogP contribution is 2.23. The van der Waals surface area contributed by atoms with Gasteiger partial charge >= 0.3 is 0 Å². The van der Waals surface area contributed by atoms with Crippen LogP contribution in [0.5, 0.6) is 0 Å². The number of nitrogens with one attached hydrogen (secondary N) is 1. The minimum absolute atomic E-state index is 0.146. The van der Waals surface area contributed by atoms with Crippen LogP contribution in [0.4, 0.5) is 5.69 Å². The highest BCUT2D eigenvalue weighted by atomic mass is 32.2. The first-order valence-electron chi connectivity index (χ1n) is 8.55. The van der Waals surface area contributed by atoms with Crippen LogP contribution in [-0.2, 0) is 14.8 Å². The summed E-state index contributed by atoms with van der Waals surface area (Å²) in [4.78, 5) is 12.4. The van der Waals surface area contributed by atoms with Crippen molar-refractivity contribution in [2.75, 3.05) is 23.7 Å². The van der Waals surface area contributed by atoms with E-state index in [2.05, 4.69) is 5.32 Å². The van der Waals surface area contributed by atoms with Crippen LogP contribution in [0.15, 0.2) is 48.5 Å². The van der Waals surface area contributed by atoms with E-state index in [1.165, 1.54) is 0 Å². The zero-order valence-corrected chi connectivity index (χ0v) is 16.5. The Labute approximate surface area is 156 Å². The van der Waals surface area contributed by atoms with Crippen LogP contribution in [0, 0.1) is 13.8 Å². The Morgan fingerprint density at radius 3 is 2.38 bits per heavy atom. The second-order valence-corrected chi connectivity index (χ2v) is 8.58. The summed E-state index contributed by atoms with van der Waals surface area (Å²) in [6, 6.07) is 15.4. The number of benzene rings is 2. The van der Waals surface area contributed by atoms with Gasteiger partial charge in [0.05, 0.1) is 11.9 Å². The summed E-state index contributed by atoms with van der Waals surface area (Å²) >= 11 is 0. The van der Waals surface area contributed by atoms with Gasteiger partial charge in [-0.05, 0) is 42.5 Å². The van der Waals surface area contributed by atoms with Crippen LogP contribution in [0.25, 0.3) is 0 Å². The fraction of sp³-hybridized carbons (Fsp3) is 0.350. The zero-order valence-electron chi connectivity index (χ0n) is 15.7. The fourth-order valence-electron chi connectivity index (χ4n) is 2.72. The van der Waals surface area contributed by atoms with Crippen molar-refractivity contribution in [3.63, 3.8) is 0 Å². The predicted molar refractivity (Wildman–Crippen MR) is 106 cm³/mol. The molecule has 6 heteroatoms. The summed E-state index contributed by atoms with van der Waals surface area (Å²) in [6.45, 7) is 5.97. The van der Waals surface area contributed by atoms with Crippen LogP contribution >= 0.6 is 0 Å². The Hall–Kier alpha value is -2.34. The van der Waals surface area contributed by atoms with Gasteiger partial charge in [-0.25, -0.2) is 8.42 Å². The first-order chi connectivity index (χ1) is 12.2. The molecule has 1 unspecified atom stereocenters. The first-order valence-corrected chi connectivity index (χ1v) is 10.4. The number of amides is 1. The summed E-state index contributed by atoms with van der Waals surface area (Å²) in [6.07, 6.45) is 1.12. The minimum Gasteiger partial charge on any atom is -0.354 e. The molecule has 1 N–H and O–H groups in total.